The van der Waals surface area contributed by atoms with E-state index in [1.807, 2.05) is 6.07 Å². The summed E-state index contributed by atoms with van der Waals surface area (Å²) in [6.07, 6.45) is 4.38. The normalized spacial score (nSPS) is 21.4. The summed E-state index contributed by atoms with van der Waals surface area (Å²) in [6, 6.07) is 7.00. The van der Waals surface area contributed by atoms with Crippen molar-refractivity contribution in [2.75, 3.05) is 6.61 Å². The number of hydrogen-bond donors (Lipinski definition) is 1. The molecule has 1 saturated carbocycles. The summed E-state index contributed by atoms with van der Waals surface area (Å²) in [5, 5.41) is 12.1. The van der Waals surface area contributed by atoms with Gasteiger partial charge in [-0.2, -0.15) is 5.26 Å². The molecule has 0 atom stereocenters. The van der Waals surface area contributed by atoms with E-state index < -0.39 is 0 Å². The van der Waals surface area contributed by atoms with Gasteiger partial charge in [-0.15, -0.1) is 0 Å². The van der Waals surface area contributed by atoms with Crippen LogP contribution in [0, 0.1) is 17.2 Å². The van der Waals surface area contributed by atoms with Gasteiger partial charge >= 0.3 is 0 Å². The van der Waals surface area contributed by atoms with Gasteiger partial charge < -0.3 is 10.1 Å². The second kappa shape index (κ2) is 7.33. The molecule has 1 aliphatic rings. The molecule has 4 nitrogen and oxygen atoms in total. The van der Waals surface area contributed by atoms with Crippen LogP contribution in [0.15, 0.2) is 18.2 Å². The van der Waals surface area contributed by atoms with Crippen LogP contribution in [0.4, 0.5) is 0 Å². The minimum atomic E-state index is -0.130. The Kier molecular flexibility index (Phi) is 5.46. The number of amides is 1. The quantitative estimate of drug-likeness (QED) is 0.928. The van der Waals surface area contributed by atoms with E-state index in [4.69, 9.17) is 21.6 Å². The number of benzene rings is 1. The number of rotatable bonds is 4. The van der Waals surface area contributed by atoms with Crippen molar-refractivity contribution in [3.05, 3.63) is 28.8 Å². The zero-order chi connectivity index (χ0) is 15.2. The average molecular weight is 307 g/mol. The molecule has 2 rings (SSSR count). The zero-order valence-electron chi connectivity index (χ0n) is 12.1. The van der Waals surface area contributed by atoms with Crippen molar-refractivity contribution in [2.24, 2.45) is 5.92 Å². The van der Waals surface area contributed by atoms with Crippen molar-refractivity contribution in [1.82, 2.24) is 5.32 Å². The van der Waals surface area contributed by atoms with Gasteiger partial charge in [-0.3, -0.25) is 4.79 Å². The van der Waals surface area contributed by atoms with E-state index in [9.17, 15) is 4.79 Å². The molecule has 0 spiro atoms. The molecule has 0 heterocycles. The first-order valence-corrected chi connectivity index (χ1v) is 7.58. The van der Waals surface area contributed by atoms with Crippen LogP contribution in [0.25, 0.3) is 0 Å². The molecule has 0 aliphatic heterocycles. The molecule has 1 amide bonds. The Hall–Kier alpha value is -1.73. The van der Waals surface area contributed by atoms with Crippen LogP contribution in [0.5, 0.6) is 5.75 Å². The lowest BCUT2D eigenvalue weighted by atomic mass is 9.87. The largest absolute Gasteiger partial charge is 0.482 e. The van der Waals surface area contributed by atoms with Gasteiger partial charge in [0.1, 0.15) is 5.75 Å². The highest BCUT2D eigenvalue weighted by atomic mass is 35.5. The van der Waals surface area contributed by atoms with E-state index in [1.54, 1.807) is 12.1 Å². The topological polar surface area (TPSA) is 62.1 Å². The van der Waals surface area contributed by atoms with Crippen molar-refractivity contribution in [1.29, 1.82) is 5.26 Å². The van der Waals surface area contributed by atoms with E-state index in [-0.39, 0.29) is 18.6 Å². The first kappa shape index (κ1) is 15.7. The Labute approximate surface area is 130 Å². The number of ether oxygens (including phenoxy) is 1. The van der Waals surface area contributed by atoms with Gasteiger partial charge in [-0.1, -0.05) is 18.5 Å². The monoisotopic (exact) mass is 306 g/mol. The predicted octanol–water partition coefficient (Wildman–Crippen LogP) is 3.29. The number of nitrogens with one attached hydrogen (secondary N) is 1. The third-order valence-electron chi connectivity index (χ3n) is 3.80. The average Bonchev–Trinajstić information content (AvgIpc) is 2.48. The maximum atomic E-state index is 11.9. The zero-order valence-corrected chi connectivity index (χ0v) is 12.8. The Bertz CT molecular complexity index is 546. The Morgan fingerprint density at radius 3 is 2.76 bits per heavy atom. The van der Waals surface area contributed by atoms with Gasteiger partial charge in [0.2, 0.25) is 0 Å². The molecule has 0 saturated heterocycles. The summed E-state index contributed by atoms with van der Waals surface area (Å²) < 4.78 is 5.41. The fourth-order valence-corrected chi connectivity index (χ4v) is 2.74. The SMILES string of the molecule is CC1CCC(NC(=O)COc2ccc(C#N)cc2Cl)CC1. The maximum absolute atomic E-state index is 11.9. The van der Waals surface area contributed by atoms with Gasteiger partial charge in [0, 0.05) is 6.04 Å². The molecule has 1 aliphatic carbocycles. The van der Waals surface area contributed by atoms with E-state index >= 15 is 0 Å². The van der Waals surface area contributed by atoms with Crippen molar-refractivity contribution < 1.29 is 9.53 Å². The minimum absolute atomic E-state index is 0.0579. The van der Waals surface area contributed by atoms with Crippen LogP contribution < -0.4 is 10.1 Å². The lowest BCUT2D eigenvalue weighted by Crippen LogP contribution is -2.39. The van der Waals surface area contributed by atoms with Crippen molar-refractivity contribution in [3.63, 3.8) is 0 Å². The molecular formula is C16H19ClN2O2. The third kappa shape index (κ3) is 4.64. The maximum Gasteiger partial charge on any atom is 0.258 e. The lowest BCUT2D eigenvalue weighted by Gasteiger charge is -2.26. The molecule has 0 aromatic heterocycles. The summed E-state index contributed by atoms with van der Waals surface area (Å²) in [5.41, 5.74) is 0.466. The van der Waals surface area contributed by atoms with E-state index in [0.29, 0.717) is 16.3 Å². The lowest BCUT2D eigenvalue weighted by molar-refractivity contribution is -0.124. The van der Waals surface area contributed by atoms with Crippen LogP contribution in [0.2, 0.25) is 5.02 Å². The fraction of sp³-hybridized carbons (Fsp3) is 0.500. The molecular weight excluding hydrogens is 288 g/mol. The number of nitriles is 1. The smallest absolute Gasteiger partial charge is 0.258 e. The van der Waals surface area contributed by atoms with E-state index in [1.165, 1.54) is 6.07 Å². The highest BCUT2D eigenvalue weighted by molar-refractivity contribution is 6.32. The second-order valence-corrected chi connectivity index (χ2v) is 5.98. The second-order valence-electron chi connectivity index (χ2n) is 5.57. The Morgan fingerprint density at radius 1 is 1.43 bits per heavy atom. The number of carbonyl (C=O) groups is 1. The molecule has 1 aromatic carbocycles. The highest BCUT2D eigenvalue weighted by Gasteiger charge is 2.19. The van der Waals surface area contributed by atoms with Crippen LogP contribution in [-0.2, 0) is 4.79 Å². The van der Waals surface area contributed by atoms with Gasteiger partial charge in [-0.05, 0) is 49.8 Å². The molecule has 1 N–H and O–H groups in total. The number of carbonyl (C=O) groups excluding carboxylic acids is 1. The number of hydrogen-bond acceptors (Lipinski definition) is 3. The van der Waals surface area contributed by atoms with Gasteiger partial charge in [0.25, 0.3) is 5.91 Å². The fourth-order valence-electron chi connectivity index (χ4n) is 2.50. The van der Waals surface area contributed by atoms with Crippen molar-refractivity contribution in [2.45, 2.75) is 38.6 Å². The molecule has 21 heavy (non-hydrogen) atoms. The van der Waals surface area contributed by atoms with E-state index in [2.05, 4.69) is 12.2 Å². The highest BCUT2D eigenvalue weighted by Crippen LogP contribution is 2.25. The first-order valence-electron chi connectivity index (χ1n) is 7.20. The molecule has 5 heteroatoms. The summed E-state index contributed by atoms with van der Waals surface area (Å²) >= 11 is 5.99. The van der Waals surface area contributed by atoms with Gasteiger partial charge in [0.15, 0.2) is 6.61 Å². The van der Waals surface area contributed by atoms with Crippen LogP contribution in [-0.4, -0.2) is 18.6 Å². The molecule has 0 unspecified atom stereocenters. The van der Waals surface area contributed by atoms with Gasteiger partial charge in [0.05, 0.1) is 16.7 Å². The Balaban J connectivity index is 1.80. The van der Waals surface area contributed by atoms with Crippen LogP contribution in [0.3, 0.4) is 0 Å². The number of halogens is 1. The molecule has 0 radical (unpaired) electrons. The standard InChI is InChI=1S/C16H19ClN2O2/c1-11-2-5-13(6-3-11)19-16(20)10-21-15-7-4-12(9-18)8-14(15)17/h4,7-8,11,13H,2-3,5-6,10H2,1H3,(H,19,20). The Morgan fingerprint density at radius 2 is 2.14 bits per heavy atom. The summed E-state index contributed by atoms with van der Waals surface area (Å²) in [4.78, 5) is 11.9. The van der Waals surface area contributed by atoms with Crippen LogP contribution in [0.1, 0.15) is 38.2 Å². The third-order valence-corrected chi connectivity index (χ3v) is 4.10. The summed E-state index contributed by atoms with van der Waals surface area (Å²) in [6.45, 7) is 2.19. The van der Waals surface area contributed by atoms with Crippen molar-refractivity contribution in [3.8, 4) is 11.8 Å². The number of nitrogens with zero attached hydrogens (tertiary/aromatic N) is 1. The molecule has 1 aromatic rings. The predicted molar refractivity (Wildman–Crippen MR) is 81.2 cm³/mol. The summed E-state index contributed by atoms with van der Waals surface area (Å²) in [7, 11) is 0. The molecule has 1 fully saturated rings. The molecule has 112 valence electrons. The minimum Gasteiger partial charge on any atom is -0.482 e. The van der Waals surface area contributed by atoms with Crippen LogP contribution >= 0.6 is 11.6 Å². The van der Waals surface area contributed by atoms with E-state index in [0.717, 1.165) is 31.6 Å². The summed E-state index contributed by atoms with van der Waals surface area (Å²) in [5.74, 6) is 1.05. The van der Waals surface area contributed by atoms with Gasteiger partial charge in [-0.25, -0.2) is 0 Å². The first-order chi connectivity index (χ1) is 10.1. The molecule has 0 bridgehead atoms. The van der Waals surface area contributed by atoms with Crippen molar-refractivity contribution >= 4 is 17.5 Å².